The lowest BCUT2D eigenvalue weighted by molar-refractivity contribution is 0.562. The summed E-state index contributed by atoms with van der Waals surface area (Å²) in [6, 6.07) is 11.8. The van der Waals surface area contributed by atoms with E-state index in [0.717, 1.165) is 27.5 Å². The first-order valence-corrected chi connectivity index (χ1v) is 6.62. The number of rotatable bonds is 2. The lowest BCUT2D eigenvalue weighted by Crippen LogP contribution is -2.10. The second-order valence-corrected chi connectivity index (χ2v) is 5.03. The summed E-state index contributed by atoms with van der Waals surface area (Å²) >= 11 is 0. The van der Waals surface area contributed by atoms with Crippen molar-refractivity contribution in [3.05, 3.63) is 71.9 Å². The molecule has 4 heteroatoms. The van der Waals surface area contributed by atoms with Gasteiger partial charge in [0.1, 0.15) is 17.0 Å². The largest absolute Gasteiger partial charge is 0.472 e. The first kappa shape index (κ1) is 12.2. The highest BCUT2D eigenvalue weighted by Crippen LogP contribution is 2.32. The number of hydrogen-bond acceptors (Lipinski definition) is 3. The molecule has 0 saturated carbocycles. The smallest absolute Gasteiger partial charge is 0.135 e. The first-order chi connectivity index (χ1) is 10.2. The average Bonchev–Trinajstić information content (AvgIpc) is 3.13. The van der Waals surface area contributed by atoms with Gasteiger partial charge in [-0.2, -0.15) is 0 Å². The topological polar surface area (TPSA) is 52.3 Å². The Bertz CT molecular complexity index is 925. The Morgan fingerprint density at radius 1 is 0.905 bits per heavy atom. The van der Waals surface area contributed by atoms with E-state index in [1.165, 1.54) is 12.1 Å². The molecule has 1 unspecified atom stereocenters. The van der Waals surface area contributed by atoms with Gasteiger partial charge in [-0.25, -0.2) is 4.39 Å². The molecule has 4 rings (SSSR count). The number of nitrogens with two attached hydrogens (primary N) is 1. The molecule has 0 amide bonds. The number of furan rings is 2. The van der Waals surface area contributed by atoms with E-state index in [9.17, 15) is 4.39 Å². The number of fused-ring (bicyclic) bond motifs is 3. The van der Waals surface area contributed by atoms with Crippen LogP contribution in [0.5, 0.6) is 0 Å². The molecule has 0 spiro atoms. The summed E-state index contributed by atoms with van der Waals surface area (Å²) in [7, 11) is 0. The molecule has 0 saturated heterocycles. The molecular formula is C17H12FNO2. The van der Waals surface area contributed by atoms with Crippen molar-refractivity contribution < 1.29 is 13.2 Å². The predicted octanol–water partition coefficient (Wildman–Crippen LogP) is 4.37. The SMILES string of the molecule is NC(c1ccoc1)c1ccc2oc3ccc(F)cc3c2c1. The van der Waals surface area contributed by atoms with E-state index in [4.69, 9.17) is 14.6 Å². The summed E-state index contributed by atoms with van der Waals surface area (Å²) in [5, 5.41) is 1.62. The fourth-order valence-electron chi connectivity index (χ4n) is 2.61. The zero-order valence-corrected chi connectivity index (χ0v) is 11.0. The fraction of sp³-hybridized carbons (Fsp3) is 0.0588. The van der Waals surface area contributed by atoms with Gasteiger partial charge in [0.2, 0.25) is 0 Å². The molecule has 4 aromatic rings. The van der Waals surface area contributed by atoms with E-state index in [2.05, 4.69) is 0 Å². The summed E-state index contributed by atoms with van der Waals surface area (Å²) in [5.74, 6) is -0.283. The molecule has 0 radical (unpaired) electrons. The van der Waals surface area contributed by atoms with Gasteiger partial charge in [-0.15, -0.1) is 0 Å². The predicted molar refractivity (Wildman–Crippen MR) is 78.4 cm³/mol. The van der Waals surface area contributed by atoms with Crippen molar-refractivity contribution >= 4 is 21.9 Å². The van der Waals surface area contributed by atoms with E-state index in [1.807, 2.05) is 24.3 Å². The second-order valence-electron chi connectivity index (χ2n) is 5.03. The Balaban J connectivity index is 1.92. The molecule has 0 aliphatic rings. The second kappa shape index (κ2) is 4.46. The molecule has 2 aromatic carbocycles. The molecule has 0 bridgehead atoms. The van der Waals surface area contributed by atoms with Gasteiger partial charge in [0.25, 0.3) is 0 Å². The van der Waals surface area contributed by atoms with Crippen LogP contribution < -0.4 is 5.73 Å². The maximum absolute atomic E-state index is 13.4. The highest BCUT2D eigenvalue weighted by atomic mass is 19.1. The minimum atomic E-state index is -0.286. The lowest BCUT2D eigenvalue weighted by Gasteiger charge is -2.09. The van der Waals surface area contributed by atoms with Crippen molar-refractivity contribution in [1.29, 1.82) is 0 Å². The van der Waals surface area contributed by atoms with Crippen molar-refractivity contribution in [2.24, 2.45) is 5.73 Å². The third kappa shape index (κ3) is 1.92. The number of halogens is 1. The molecule has 2 N–H and O–H groups in total. The monoisotopic (exact) mass is 281 g/mol. The Hall–Kier alpha value is -2.59. The van der Waals surface area contributed by atoms with Crippen LogP contribution in [0.15, 0.2) is 63.8 Å². The summed E-state index contributed by atoms with van der Waals surface area (Å²) in [6.45, 7) is 0. The first-order valence-electron chi connectivity index (χ1n) is 6.62. The van der Waals surface area contributed by atoms with Crippen LogP contribution in [0, 0.1) is 5.82 Å². The number of benzene rings is 2. The zero-order chi connectivity index (χ0) is 14.4. The van der Waals surface area contributed by atoms with E-state index in [1.54, 1.807) is 18.6 Å². The summed E-state index contributed by atoms with van der Waals surface area (Å²) in [5.41, 5.74) is 9.44. The molecular weight excluding hydrogens is 269 g/mol. The molecule has 2 aromatic heterocycles. The quantitative estimate of drug-likeness (QED) is 0.593. The van der Waals surface area contributed by atoms with Crippen LogP contribution in [-0.4, -0.2) is 0 Å². The maximum Gasteiger partial charge on any atom is 0.135 e. The normalized spacial score (nSPS) is 13.0. The molecule has 104 valence electrons. The van der Waals surface area contributed by atoms with Crippen LogP contribution in [-0.2, 0) is 0 Å². The Labute approximate surface area is 119 Å². The van der Waals surface area contributed by atoms with Crippen molar-refractivity contribution in [1.82, 2.24) is 0 Å². The van der Waals surface area contributed by atoms with Crippen molar-refractivity contribution in [3.8, 4) is 0 Å². The summed E-state index contributed by atoms with van der Waals surface area (Å²) in [6.07, 6.45) is 3.22. The van der Waals surface area contributed by atoms with Crippen LogP contribution in [0.25, 0.3) is 21.9 Å². The minimum absolute atomic E-state index is 0.283. The van der Waals surface area contributed by atoms with Crippen LogP contribution >= 0.6 is 0 Å². The van der Waals surface area contributed by atoms with Crippen LogP contribution in [0.2, 0.25) is 0 Å². The zero-order valence-electron chi connectivity index (χ0n) is 11.0. The maximum atomic E-state index is 13.4. The van der Waals surface area contributed by atoms with E-state index >= 15 is 0 Å². The van der Waals surface area contributed by atoms with E-state index < -0.39 is 0 Å². The highest BCUT2D eigenvalue weighted by Gasteiger charge is 2.14. The van der Waals surface area contributed by atoms with Crippen molar-refractivity contribution in [3.63, 3.8) is 0 Å². The molecule has 3 nitrogen and oxygen atoms in total. The van der Waals surface area contributed by atoms with E-state index in [-0.39, 0.29) is 11.9 Å². The molecule has 0 fully saturated rings. The van der Waals surface area contributed by atoms with Gasteiger partial charge in [0.05, 0.1) is 18.6 Å². The fourth-order valence-corrected chi connectivity index (χ4v) is 2.61. The summed E-state index contributed by atoms with van der Waals surface area (Å²) in [4.78, 5) is 0. The van der Waals surface area contributed by atoms with Crippen molar-refractivity contribution in [2.75, 3.05) is 0 Å². The average molecular weight is 281 g/mol. The van der Waals surface area contributed by atoms with E-state index in [0.29, 0.717) is 5.58 Å². The summed E-state index contributed by atoms with van der Waals surface area (Å²) < 4.78 is 24.2. The van der Waals surface area contributed by atoms with Gasteiger partial charge in [0.15, 0.2) is 0 Å². The van der Waals surface area contributed by atoms with Gasteiger partial charge in [-0.3, -0.25) is 0 Å². The third-order valence-electron chi connectivity index (χ3n) is 3.72. The van der Waals surface area contributed by atoms with Gasteiger partial charge >= 0.3 is 0 Å². The minimum Gasteiger partial charge on any atom is -0.472 e. The van der Waals surface area contributed by atoms with Crippen LogP contribution in [0.1, 0.15) is 17.2 Å². The Kier molecular flexibility index (Phi) is 2.59. The van der Waals surface area contributed by atoms with Gasteiger partial charge in [0, 0.05) is 16.3 Å². The third-order valence-corrected chi connectivity index (χ3v) is 3.72. The molecule has 0 aliphatic carbocycles. The van der Waals surface area contributed by atoms with Gasteiger partial charge in [-0.05, 0) is 42.0 Å². The number of hydrogen-bond donors (Lipinski definition) is 1. The molecule has 0 aliphatic heterocycles. The highest BCUT2D eigenvalue weighted by molar-refractivity contribution is 6.05. The van der Waals surface area contributed by atoms with Crippen LogP contribution in [0.4, 0.5) is 4.39 Å². The standard InChI is InChI=1S/C17H12FNO2/c18-12-2-4-16-14(8-12)13-7-10(1-3-15(13)21-16)17(19)11-5-6-20-9-11/h1-9,17H,19H2. The van der Waals surface area contributed by atoms with Gasteiger partial charge in [-0.1, -0.05) is 6.07 Å². The van der Waals surface area contributed by atoms with Crippen LogP contribution in [0.3, 0.4) is 0 Å². The van der Waals surface area contributed by atoms with Gasteiger partial charge < -0.3 is 14.6 Å². The lowest BCUT2D eigenvalue weighted by atomic mass is 10.00. The Morgan fingerprint density at radius 3 is 2.43 bits per heavy atom. The molecule has 21 heavy (non-hydrogen) atoms. The molecule has 2 heterocycles. The van der Waals surface area contributed by atoms with Crippen molar-refractivity contribution in [2.45, 2.75) is 6.04 Å². The Morgan fingerprint density at radius 2 is 1.67 bits per heavy atom. The molecule has 1 atom stereocenters.